The summed E-state index contributed by atoms with van der Waals surface area (Å²) >= 11 is 0. The van der Waals surface area contributed by atoms with E-state index in [0.717, 1.165) is 17.7 Å². The van der Waals surface area contributed by atoms with Crippen molar-refractivity contribution in [1.29, 1.82) is 0 Å². The van der Waals surface area contributed by atoms with E-state index in [4.69, 9.17) is 9.47 Å². The van der Waals surface area contributed by atoms with E-state index in [1.54, 1.807) is 0 Å². The van der Waals surface area contributed by atoms with Crippen LogP contribution in [0.2, 0.25) is 0 Å². The van der Waals surface area contributed by atoms with Crippen molar-refractivity contribution in [2.75, 3.05) is 13.2 Å². The highest BCUT2D eigenvalue weighted by atomic mass is 16.5. The molecule has 0 unspecified atom stereocenters. The lowest BCUT2D eigenvalue weighted by atomic mass is 10.2. The number of rotatable bonds is 5. The number of aryl methyl sites for hydroxylation is 1. The summed E-state index contributed by atoms with van der Waals surface area (Å²) in [7, 11) is 0. The van der Waals surface area contributed by atoms with Crippen molar-refractivity contribution in [3.63, 3.8) is 0 Å². The van der Waals surface area contributed by atoms with E-state index >= 15 is 0 Å². The molecule has 8 nitrogen and oxygen atoms in total. The minimum atomic E-state index is -0.368. The molecule has 3 rings (SSSR count). The molecule has 0 saturated heterocycles. The number of nitrogens with one attached hydrogen (secondary N) is 3. The molecule has 23 heavy (non-hydrogen) atoms. The molecule has 0 radical (unpaired) electrons. The standard InChI is InChI=1S/C15H18N4O4/c20-14(5-4-13-17-15(21)19-18-13)16-9-10-2-3-11-12(8-10)23-7-1-6-22-11/h2-3,8H,1,4-7,9H2,(H,16,20)(H2,17,18,19,21). The maximum absolute atomic E-state index is 11.8. The van der Waals surface area contributed by atoms with Crippen LogP contribution in [0.5, 0.6) is 11.5 Å². The average molecular weight is 318 g/mol. The number of ether oxygens (including phenoxy) is 2. The Morgan fingerprint density at radius 1 is 1.26 bits per heavy atom. The first kappa shape index (κ1) is 15.1. The molecule has 1 aliphatic heterocycles. The predicted octanol–water partition coefficient (Wildman–Crippen LogP) is 0.508. The molecule has 0 fully saturated rings. The van der Waals surface area contributed by atoms with Gasteiger partial charge in [-0.2, -0.15) is 5.10 Å². The minimum absolute atomic E-state index is 0.110. The summed E-state index contributed by atoms with van der Waals surface area (Å²) in [5.74, 6) is 1.81. The maximum Gasteiger partial charge on any atom is 0.340 e. The Balaban J connectivity index is 1.50. The van der Waals surface area contributed by atoms with Gasteiger partial charge in [0.05, 0.1) is 13.2 Å². The first-order valence-corrected chi connectivity index (χ1v) is 7.49. The molecule has 1 amide bonds. The Morgan fingerprint density at radius 3 is 2.87 bits per heavy atom. The van der Waals surface area contributed by atoms with E-state index < -0.39 is 0 Å². The smallest absolute Gasteiger partial charge is 0.340 e. The van der Waals surface area contributed by atoms with Crippen LogP contribution in [0.25, 0.3) is 0 Å². The van der Waals surface area contributed by atoms with E-state index in [1.165, 1.54) is 0 Å². The summed E-state index contributed by atoms with van der Waals surface area (Å²) in [6.45, 7) is 1.69. The van der Waals surface area contributed by atoms with Crippen molar-refractivity contribution in [3.8, 4) is 11.5 Å². The highest BCUT2D eigenvalue weighted by Gasteiger charge is 2.11. The number of benzene rings is 1. The molecule has 1 aliphatic rings. The number of carbonyl (C=O) groups excluding carboxylic acids is 1. The maximum atomic E-state index is 11.8. The fraction of sp³-hybridized carbons (Fsp3) is 0.400. The molecule has 3 N–H and O–H groups in total. The fourth-order valence-corrected chi connectivity index (χ4v) is 2.26. The summed E-state index contributed by atoms with van der Waals surface area (Å²) in [4.78, 5) is 25.2. The number of fused-ring (bicyclic) bond motifs is 1. The topological polar surface area (TPSA) is 109 Å². The number of carbonyl (C=O) groups is 1. The second kappa shape index (κ2) is 6.99. The molecule has 0 atom stereocenters. The van der Waals surface area contributed by atoms with Crippen molar-refractivity contribution in [2.24, 2.45) is 0 Å². The summed E-state index contributed by atoms with van der Waals surface area (Å²) in [5, 5.41) is 8.86. The number of H-pyrrole nitrogens is 2. The first-order valence-electron chi connectivity index (χ1n) is 7.49. The third kappa shape index (κ3) is 4.12. The van der Waals surface area contributed by atoms with Crippen molar-refractivity contribution >= 4 is 5.91 Å². The molecular weight excluding hydrogens is 300 g/mol. The largest absolute Gasteiger partial charge is 0.490 e. The molecule has 122 valence electrons. The average Bonchev–Trinajstić information content (AvgIpc) is 2.83. The fourth-order valence-electron chi connectivity index (χ4n) is 2.26. The normalized spacial score (nSPS) is 13.4. The Kier molecular flexibility index (Phi) is 4.60. The third-order valence-corrected chi connectivity index (χ3v) is 3.44. The van der Waals surface area contributed by atoms with E-state index in [2.05, 4.69) is 20.5 Å². The Morgan fingerprint density at radius 2 is 2.09 bits per heavy atom. The lowest BCUT2D eigenvalue weighted by Gasteiger charge is -2.10. The lowest BCUT2D eigenvalue weighted by molar-refractivity contribution is -0.121. The number of aromatic amines is 2. The van der Waals surface area contributed by atoms with Gasteiger partial charge in [-0.15, -0.1) is 0 Å². The van der Waals surface area contributed by atoms with Crippen LogP contribution in [0, 0.1) is 0 Å². The van der Waals surface area contributed by atoms with Gasteiger partial charge >= 0.3 is 5.69 Å². The molecular formula is C15H18N4O4. The quantitative estimate of drug-likeness (QED) is 0.744. The van der Waals surface area contributed by atoms with Gasteiger partial charge in [-0.05, 0) is 17.7 Å². The van der Waals surface area contributed by atoms with Gasteiger partial charge in [-0.3, -0.25) is 9.78 Å². The molecule has 2 aromatic rings. The van der Waals surface area contributed by atoms with Crippen LogP contribution in [0.15, 0.2) is 23.0 Å². The number of nitrogens with zero attached hydrogens (tertiary/aromatic N) is 1. The third-order valence-electron chi connectivity index (χ3n) is 3.44. The van der Waals surface area contributed by atoms with Crippen LogP contribution in [-0.2, 0) is 17.8 Å². The molecule has 8 heteroatoms. The van der Waals surface area contributed by atoms with Crippen molar-refractivity contribution in [2.45, 2.75) is 25.8 Å². The van der Waals surface area contributed by atoms with Crippen LogP contribution in [0.3, 0.4) is 0 Å². The second-order valence-corrected chi connectivity index (χ2v) is 5.23. The zero-order valence-electron chi connectivity index (χ0n) is 12.6. The number of aromatic nitrogens is 3. The summed E-state index contributed by atoms with van der Waals surface area (Å²) < 4.78 is 11.2. The van der Waals surface area contributed by atoms with Gasteiger partial charge in [-0.1, -0.05) is 6.07 Å². The molecule has 2 heterocycles. The van der Waals surface area contributed by atoms with Gasteiger partial charge in [-0.25, -0.2) is 9.89 Å². The molecule has 0 bridgehead atoms. The Labute approximate surface area is 132 Å². The highest BCUT2D eigenvalue weighted by Crippen LogP contribution is 2.30. The van der Waals surface area contributed by atoms with Crippen LogP contribution in [0.1, 0.15) is 24.2 Å². The zero-order valence-corrected chi connectivity index (χ0v) is 12.6. The summed E-state index contributed by atoms with van der Waals surface area (Å²) in [6.07, 6.45) is 1.49. The first-order chi connectivity index (χ1) is 11.2. The van der Waals surface area contributed by atoms with Crippen molar-refractivity contribution in [1.82, 2.24) is 20.5 Å². The van der Waals surface area contributed by atoms with E-state index in [-0.39, 0.29) is 18.0 Å². The number of hydrogen-bond acceptors (Lipinski definition) is 5. The second-order valence-electron chi connectivity index (χ2n) is 5.23. The predicted molar refractivity (Wildman–Crippen MR) is 81.4 cm³/mol. The SMILES string of the molecule is O=C(CCc1n[nH]c(=O)[nH]1)NCc1ccc2c(c1)OCCCO2. The Bertz CT molecular complexity index is 737. The van der Waals surface area contributed by atoms with Gasteiger partial charge < -0.3 is 14.8 Å². The van der Waals surface area contributed by atoms with Crippen LogP contribution in [0.4, 0.5) is 0 Å². The van der Waals surface area contributed by atoms with Gasteiger partial charge in [0, 0.05) is 25.8 Å². The molecule has 0 saturated carbocycles. The summed E-state index contributed by atoms with van der Waals surface area (Å²) in [5.41, 5.74) is 0.573. The molecule has 1 aromatic carbocycles. The zero-order chi connectivity index (χ0) is 16.1. The van der Waals surface area contributed by atoms with Crippen LogP contribution >= 0.6 is 0 Å². The van der Waals surface area contributed by atoms with E-state index in [1.807, 2.05) is 18.2 Å². The minimum Gasteiger partial charge on any atom is -0.490 e. The van der Waals surface area contributed by atoms with Gasteiger partial charge in [0.15, 0.2) is 11.5 Å². The summed E-state index contributed by atoms with van der Waals surface area (Å²) in [6, 6.07) is 5.64. The van der Waals surface area contributed by atoms with Crippen LogP contribution < -0.4 is 20.5 Å². The molecule has 0 spiro atoms. The monoisotopic (exact) mass is 318 g/mol. The number of hydrogen-bond donors (Lipinski definition) is 3. The Hall–Kier alpha value is -2.77. The molecule has 1 aromatic heterocycles. The lowest BCUT2D eigenvalue weighted by Crippen LogP contribution is -2.23. The van der Waals surface area contributed by atoms with Gasteiger partial charge in [0.2, 0.25) is 5.91 Å². The van der Waals surface area contributed by atoms with Crippen molar-refractivity contribution in [3.05, 3.63) is 40.1 Å². The van der Waals surface area contributed by atoms with E-state index in [9.17, 15) is 9.59 Å². The van der Waals surface area contributed by atoms with Gasteiger partial charge in [0.1, 0.15) is 5.82 Å². The van der Waals surface area contributed by atoms with Gasteiger partial charge in [0.25, 0.3) is 0 Å². The number of amides is 1. The van der Waals surface area contributed by atoms with Crippen molar-refractivity contribution < 1.29 is 14.3 Å². The van der Waals surface area contributed by atoms with E-state index in [0.29, 0.717) is 37.8 Å². The highest BCUT2D eigenvalue weighted by molar-refractivity contribution is 5.76. The van der Waals surface area contributed by atoms with Crippen LogP contribution in [-0.4, -0.2) is 34.3 Å². The molecule has 0 aliphatic carbocycles.